The Bertz CT molecular complexity index is 306. The van der Waals surface area contributed by atoms with Crippen LogP contribution in [0.5, 0.6) is 0 Å². The quantitative estimate of drug-likeness (QED) is 0.636. The molecule has 0 heterocycles. The van der Waals surface area contributed by atoms with Crippen molar-refractivity contribution < 1.29 is 14.7 Å². The van der Waals surface area contributed by atoms with E-state index in [-0.39, 0.29) is 0 Å². The first-order chi connectivity index (χ1) is 8.30. The van der Waals surface area contributed by atoms with Gasteiger partial charge in [0.2, 0.25) is 0 Å². The first-order valence-corrected chi connectivity index (χ1v) is 6.58. The van der Waals surface area contributed by atoms with Crippen LogP contribution >= 0.6 is 0 Å². The molecule has 5 heteroatoms. The molecule has 3 N–H and O–H groups in total. The molecule has 1 atom stereocenters. The van der Waals surface area contributed by atoms with Crippen LogP contribution in [0, 0.1) is 11.3 Å². The summed E-state index contributed by atoms with van der Waals surface area (Å²) in [5.41, 5.74) is -0.503. The van der Waals surface area contributed by atoms with E-state index in [9.17, 15) is 9.59 Å². The molecule has 1 fully saturated rings. The minimum atomic E-state index is -1.00. The van der Waals surface area contributed by atoms with Crippen LogP contribution in [0.1, 0.15) is 46.5 Å². The largest absolute Gasteiger partial charge is 0.480 e. The lowest BCUT2D eigenvalue weighted by molar-refractivity contribution is -0.141. The molecule has 0 radical (unpaired) electrons. The Morgan fingerprint density at radius 3 is 2.39 bits per heavy atom. The zero-order chi connectivity index (χ0) is 13.8. The zero-order valence-electron chi connectivity index (χ0n) is 11.5. The summed E-state index contributed by atoms with van der Waals surface area (Å²) in [5.74, 6) is -0.146. The molecule has 1 saturated carbocycles. The van der Waals surface area contributed by atoms with Crippen LogP contribution in [-0.2, 0) is 4.79 Å². The Kier molecular flexibility index (Phi) is 4.99. The van der Waals surface area contributed by atoms with Crippen molar-refractivity contribution in [3.8, 4) is 0 Å². The van der Waals surface area contributed by atoms with Gasteiger partial charge in [-0.1, -0.05) is 33.6 Å². The number of aliphatic carboxylic acids is 1. The maximum Gasteiger partial charge on any atom is 0.326 e. The molecule has 18 heavy (non-hydrogen) atoms. The summed E-state index contributed by atoms with van der Waals surface area (Å²) in [6, 6.07) is -1.27. The van der Waals surface area contributed by atoms with Crippen LogP contribution in [0.4, 0.5) is 4.79 Å². The normalized spacial score (nSPS) is 17.1. The van der Waals surface area contributed by atoms with Crippen molar-refractivity contribution in [2.24, 2.45) is 11.3 Å². The lowest BCUT2D eigenvalue weighted by Gasteiger charge is -2.27. The van der Waals surface area contributed by atoms with Crippen molar-refractivity contribution in [3.63, 3.8) is 0 Å². The molecule has 2 amide bonds. The van der Waals surface area contributed by atoms with Crippen molar-refractivity contribution in [2.45, 2.75) is 52.5 Å². The van der Waals surface area contributed by atoms with Gasteiger partial charge in [-0.15, -0.1) is 0 Å². The minimum absolute atomic E-state index is 0.395. The van der Waals surface area contributed by atoms with E-state index < -0.39 is 23.5 Å². The highest BCUT2D eigenvalue weighted by Crippen LogP contribution is 2.33. The van der Waals surface area contributed by atoms with Crippen molar-refractivity contribution in [2.75, 3.05) is 6.54 Å². The van der Waals surface area contributed by atoms with Crippen LogP contribution in [-0.4, -0.2) is 29.7 Å². The van der Waals surface area contributed by atoms with E-state index >= 15 is 0 Å². The predicted molar refractivity (Wildman–Crippen MR) is 69.4 cm³/mol. The molecule has 0 aromatic rings. The number of urea groups is 1. The molecule has 0 aromatic carbocycles. The summed E-state index contributed by atoms with van der Waals surface area (Å²) in [4.78, 5) is 22.6. The summed E-state index contributed by atoms with van der Waals surface area (Å²) in [7, 11) is 0. The highest BCUT2D eigenvalue weighted by atomic mass is 16.4. The Morgan fingerprint density at radius 1 is 1.33 bits per heavy atom. The number of carbonyl (C=O) groups excluding carboxylic acids is 1. The summed E-state index contributed by atoms with van der Waals surface area (Å²) in [6.45, 7) is 5.98. The van der Waals surface area contributed by atoms with Gasteiger partial charge in [-0.3, -0.25) is 0 Å². The zero-order valence-corrected chi connectivity index (χ0v) is 11.5. The molecule has 0 aliphatic heterocycles. The van der Waals surface area contributed by atoms with Gasteiger partial charge in [0.1, 0.15) is 6.04 Å². The first kappa shape index (κ1) is 14.8. The molecular formula is C13H24N2O3. The average molecular weight is 256 g/mol. The van der Waals surface area contributed by atoms with Gasteiger partial charge in [0.05, 0.1) is 0 Å². The van der Waals surface area contributed by atoms with Crippen molar-refractivity contribution >= 4 is 12.0 Å². The number of amides is 2. The number of hydrogen-bond donors (Lipinski definition) is 3. The number of carbonyl (C=O) groups is 2. The van der Waals surface area contributed by atoms with E-state index in [1.54, 1.807) is 20.8 Å². The number of nitrogens with one attached hydrogen (secondary N) is 2. The van der Waals surface area contributed by atoms with Crippen molar-refractivity contribution in [1.29, 1.82) is 0 Å². The van der Waals surface area contributed by atoms with Crippen LogP contribution in [0.15, 0.2) is 0 Å². The average Bonchev–Trinajstić information content (AvgIpc) is 3.02. The van der Waals surface area contributed by atoms with Gasteiger partial charge < -0.3 is 15.7 Å². The van der Waals surface area contributed by atoms with Crippen molar-refractivity contribution in [3.05, 3.63) is 0 Å². The smallest absolute Gasteiger partial charge is 0.326 e. The van der Waals surface area contributed by atoms with E-state index in [1.165, 1.54) is 12.8 Å². The second kappa shape index (κ2) is 6.07. The van der Waals surface area contributed by atoms with Gasteiger partial charge in [0.15, 0.2) is 0 Å². The third-order valence-electron chi connectivity index (χ3n) is 3.16. The fourth-order valence-corrected chi connectivity index (χ4v) is 1.83. The molecule has 0 saturated heterocycles. The Hall–Kier alpha value is -1.26. The standard InChI is InChI=1S/C13H24N2O3/c1-13(2,3)10(11(16)17)15-12(18)14-8-4-5-9-6-7-9/h9-10H,4-8H2,1-3H3,(H,16,17)(H2,14,15,18)/t10-/m0/s1. The molecule has 0 aromatic heterocycles. The predicted octanol–water partition coefficient (Wildman–Crippen LogP) is 1.98. The lowest BCUT2D eigenvalue weighted by atomic mass is 9.87. The minimum Gasteiger partial charge on any atom is -0.480 e. The van der Waals surface area contributed by atoms with E-state index in [1.807, 2.05) is 0 Å². The van der Waals surface area contributed by atoms with E-state index in [0.717, 1.165) is 18.8 Å². The Labute approximate surface area is 108 Å². The molecular weight excluding hydrogens is 232 g/mol. The third-order valence-corrected chi connectivity index (χ3v) is 3.16. The van der Waals surface area contributed by atoms with Gasteiger partial charge >= 0.3 is 12.0 Å². The second-order valence-corrected chi connectivity index (χ2v) is 6.12. The SMILES string of the molecule is CC(C)(C)[C@@H](NC(=O)NCCCC1CC1)C(=O)O. The van der Waals surface area contributed by atoms with E-state index in [0.29, 0.717) is 6.54 Å². The van der Waals surface area contributed by atoms with Gasteiger partial charge in [0, 0.05) is 6.54 Å². The van der Waals surface area contributed by atoms with Crippen LogP contribution < -0.4 is 10.6 Å². The fourth-order valence-electron chi connectivity index (χ4n) is 1.83. The number of carboxylic acids is 1. The number of rotatable bonds is 6. The highest BCUT2D eigenvalue weighted by Gasteiger charge is 2.32. The Balaban J connectivity index is 2.25. The summed E-state index contributed by atoms with van der Waals surface area (Å²) >= 11 is 0. The third kappa shape index (κ3) is 5.38. The van der Waals surface area contributed by atoms with Crippen LogP contribution in [0.25, 0.3) is 0 Å². The molecule has 0 spiro atoms. The van der Waals surface area contributed by atoms with Crippen LogP contribution in [0.2, 0.25) is 0 Å². The van der Waals surface area contributed by atoms with Crippen LogP contribution in [0.3, 0.4) is 0 Å². The van der Waals surface area contributed by atoms with E-state index in [4.69, 9.17) is 5.11 Å². The summed E-state index contributed by atoms with van der Waals surface area (Å²) in [6.07, 6.45) is 4.75. The Morgan fingerprint density at radius 2 is 1.94 bits per heavy atom. The van der Waals surface area contributed by atoms with Gasteiger partial charge in [-0.25, -0.2) is 9.59 Å². The maximum absolute atomic E-state index is 11.6. The molecule has 0 unspecified atom stereocenters. The van der Waals surface area contributed by atoms with Crippen molar-refractivity contribution in [1.82, 2.24) is 10.6 Å². The van der Waals surface area contributed by atoms with E-state index in [2.05, 4.69) is 10.6 Å². The molecule has 1 aliphatic carbocycles. The number of carboxylic acid groups (broad SMARTS) is 1. The summed E-state index contributed by atoms with van der Waals surface area (Å²) < 4.78 is 0. The number of hydrogen-bond acceptors (Lipinski definition) is 2. The van der Waals surface area contributed by atoms with Gasteiger partial charge in [-0.2, -0.15) is 0 Å². The second-order valence-electron chi connectivity index (χ2n) is 6.12. The monoisotopic (exact) mass is 256 g/mol. The highest BCUT2D eigenvalue weighted by molar-refractivity contribution is 5.83. The molecule has 0 bridgehead atoms. The summed E-state index contributed by atoms with van der Waals surface area (Å²) in [5, 5.41) is 14.3. The molecule has 104 valence electrons. The molecule has 5 nitrogen and oxygen atoms in total. The van der Waals surface area contributed by atoms with Gasteiger partial charge in [0.25, 0.3) is 0 Å². The van der Waals surface area contributed by atoms with Gasteiger partial charge in [-0.05, 0) is 24.2 Å². The lowest BCUT2D eigenvalue weighted by Crippen LogP contribution is -2.52. The topological polar surface area (TPSA) is 78.4 Å². The molecule has 1 rings (SSSR count). The fraction of sp³-hybridized carbons (Fsp3) is 0.846. The first-order valence-electron chi connectivity index (χ1n) is 6.58. The maximum atomic E-state index is 11.6. The molecule has 1 aliphatic rings.